The van der Waals surface area contributed by atoms with Crippen molar-refractivity contribution in [2.75, 3.05) is 0 Å². The van der Waals surface area contributed by atoms with Crippen LogP contribution in [-0.2, 0) is 6.42 Å². The summed E-state index contributed by atoms with van der Waals surface area (Å²) in [5, 5.41) is 0.899. The van der Waals surface area contributed by atoms with Crippen LogP contribution in [0.4, 0.5) is 0 Å². The van der Waals surface area contributed by atoms with E-state index >= 15 is 0 Å². The van der Waals surface area contributed by atoms with Crippen LogP contribution in [0.2, 0.25) is 5.02 Å². The number of halogens is 1. The van der Waals surface area contributed by atoms with E-state index in [9.17, 15) is 0 Å². The third-order valence-corrected chi connectivity index (χ3v) is 4.48. The van der Waals surface area contributed by atoms with Gasteiger partial charge in [-0.3, -0.25) is 0 Å². The molecule has 1 aromatic carbocycles. The maximum Gasteiger partial charge on any atom is 0.0444 e. The normalized spacial score (nSPS) is 23.1. The van der Waals surface area contributed by atoms with Gasteiger partial charge in [0.25, 0.3) is 0 Å². The zero-order valence-corrected chi connectivity index (χ0v) is 12.0. The van der Waals surface area contributed by atoms with E-state index in [2.05, 4.69) is 33.8 Å². The quantitative estimate of drug-likeness (QED) is 0.683. The molecule has 1 aromatic rings. The van der Waals surface area contributed by atoms with E-state index < -0.39 is 0 Å². The average molecular weight is 252 g/mol. The fraction of sp³-hybridized carbons (Fsp3) is 0.600. The first kappa shape index (κ1) is 12.9. The first-order chi connectivity index (χ1) is 7.82. The lowest BCUT2D eigenvalue weighted by Crippen LogP contribution is -2.20. The van der Waals surface area contributed by atoms with Crippen LogP contribution in [0.5, 0.6) is 0 Å². The Morgan fingerprint density at radius 2 is 2.00 bits per heavy atom. The number of rotatable bonds is 0. The standard InChI is InChI=1S/C15H22ClN/c1-9-7-12(16)11-5-6-15(3,4)8-13(17)14(11)10(9)2/h7,13H,5-6,8,17H2,1-4H3. The fourth-order valence-electron chi connectivity index (χ4n) is 2.97. The topological polar surface area (TPSA) is 26.0 Å². The number of aryl methyl sites for hydroxylation is 1. The van der Waals surface area contributed by atoms with Crippen molar-refractivity contribution in [1.29, 1.82) is 0 Å². The summed E-state index contributed by atoms with van der Waals surface area (Å²) in [4.78, 5) is 0. The summed E-state index contributed by atoms with van der Waals surface area (Å²) in [6.45, 7) is 8.89. The molecule has 0 aliphatic heterocycles. The van der Waals surface area contributed by atoms with Crippen LogP contribution >= 0.6 is 11.6 Å². The second-order valence-corrected chi connectivity index (χ2v) is 6.57. The Morgan fingerprint density at radius 3 is 2.65 bits per heavy atom. The van der Waals surface area contributed by atoms with Gasteiger partial charge in [0, 0.05) is 11.1 Å². The van der Waals surface area contributed by atoms with Crippen molar-refractivity contribution in [2.45, 2.75) is 53.0 Å². The molecule has 1 nitrogen and oxygen atoms in total. The number of nitrogens with two attached hydrogens (primary N) is 1. The van der Waals surface area contributed by atoms with Crippen LogP contribution in [0.1, 0.15) is 55.0 Å². The highest BCUT2D eigenvalue weighted by Crippen LogP contribution is 2.42. The Hall–Kier alpha value is -0.530. The zero-order chi connectivity index (χ0) is 12.8. The highest BCUT2D eigenvalue weighted by Gasteiger charge is 2.30. The second-order valence-electron chi connectivity index (χ2n) is 6.17. The molecule has 0 aromatic heterocycles. The van der Waals surface area contributed by atoms with E-state index in [-0.39, 0.29) is 6.04 Å². The predicted molar refractivity (Wildman–Crippen MR) is 74.6 cm³/mol. The van der Waals surface area contributed by atoms with Gasteiger partial charge in [0.05, 0.1) is 0 Å². The molecule has 0 radical (unpaired) electrons. The minimum Gasteiger partial charge on any atom is -0.324 e. The smallest absolute Gasteiger partial charge is 0.0444 e. The van der Waals surface area contributed by atoms with Crippen LogP contribution in [-0.4, -0.2) is 0 Å². The Labute approximate surface area is 109 Å². The molecule has 0 heterocycles. The van der Waals surface area contributed by atoms with E-state index in [4.69, 9.17) is 17.3 Å². The molecule has 0 saturated carbocycles. The monoisotopic (exact) mass is 251 g/mol. The molecule has 0 amide bonds. The minimum atomic E-state index is 0.125. The first-order valence-electron chi connectivity index (χ1n) is 6.36. The number of fused-ring (bicyclic) bond motifs is 1. The molecular formula is C15H22ClN. The number of benzene rings is 1. The molecule has 94 valence electrons. The van der Waals surface area contributed by atoms with E-state index in [0.717, 1.165) is 24.3 Å². The second kappa shape index (κ2) is 4.29. The van der Waals surface area contributed by atoms with Gasteiger partial charge in [0.15, 0.2) is 0 Å². The van der Waals surface area contributed by atoms with E-state index in [1.807, 2.05) is 0 Å². The van der Waals surface area contributed by atoms with Gasteiger partial charge in [0.2, 0.25) is 0 Å². The molecule has 0 fully saturated rings. The molecule has 0 spiro atoms. The van der Waals surface area contributed by atoms with E-state index in [1.54, 1.807) is 0 Å². The maximum atomic E-state index is 6.40. The van der Waals surface area contributed by atoms with Crippen molar-refractivity contribution in [3.05, 3.63) is 33.3 Å². The number of hydrogen-bond donors (Lipinski definition) is 1. The third kappa shape index (κ3) is 2.36. The molecular weight excluding hydrogens is 230 g/mol. The summed E-state index contributed by atoms with van der Waals surface area (Å²) >= 11 is 6.39. The van der Waals surface area contributed by atoms with Crippen LogP contribution in [0.3, 0.4) is 0 Å². The lowest BCUT2D eigenvalue weighted by atomic mass is 9.83. The summed E-state index contributed by atoms with van der Waals surface area (Å²) in [5.41, 5.74) is 11.9. The van der Waals surface area contributed by atoms with Crippen LogP contribution in [0, 0.1) is 19.3 Å². The summed E-state index contributed by atoms with van der Waals surface area (Å²) < 4.78 is 0. The predicted octanol–water partition coefficient (Wildman–Crippen LogP) is 4.32. The first-order valence-corrected chi connectivity index (χ1v) is 6.74. The zero-order valence-electron chi connectivity index (χ0n) is 11.2. The lowest BCUT2D eigenvalue weighted by Gasteiger charge is -2.25. The molecule has 2 heteroatoms. The number of hydrogen-bond acceptors (Lipinski definition) is 1. The molecule has 2 rings (SSSR count). The highest BCUT2D eigenvalue weighted by molar-refractivity contribution is 6.31. The minimum absolute atomic E-state index is 0.125. The van der Waals surface area contributed by atoms with Crippen molar-refractivity contribution in [3.8, 4) is 0 Å². The Bertz CT molecular complexity index is 449. The van der Waals surface area contributed by atoms with Gasteiger partial charge in [0.1, 0.15) is 0 Å². The van der Waals surface area contributed by atoms with Crippen molar-refractivity contribution >= 4 is 11.6 Å². The largest absolute Gasteiger partial charge is 0.324 e. The van der Waals surface area contributed by atoms with Crippen LogP contribution in [0.15, 0.2) is 6.07 Å². The highest BCUT2D eigenvalue weighted by atomic mass is 35.5. The summed E-state index contributed by atoms with van der Waals surface area (Å²) in [6, 6.07) is 2.21. The van der Waals surface area contributed by atoms with Crippen molar-refractivity contribution in [2.24, 2.45) is 11.1 Å². The van der Waals surface area contributed by atoms with Gasteiger partial charge in [-0.15, -0.1) is 0 Å². The molecule has 1 atom stereocenters. The van der Waals surface area contributed by atoms with Gasteiger partial charge in [-0.05, 0) is 66.8 Å². The van der Waals surface area contributed by atoms with Crippen molar-refractivity contribution in [3.63, 3.8) is 0 Å². The summed E-state index contributed by atoms with van der Waals surface area (Å²) in [7, 11) is 0. The van der Waals surface area contributed by atoms with Gasteiger partial charge < -0.3 is 5.73 Å². The van der Waals surface area contributed by atoms with E-state index in [1.165, 1.54) is 22.3 Å². The molecule has 0 saturated heterocycles. The summed E-state index contributed by atoms with van der Waals surface area (Å²) in [5.74, 6) is 0. The van der Waals surface area contributed by atoms with Gasteiger partial charge >= 0.3 is 0 Å². The van der Waals surface area contributed by atoms with Crippen molar-refractivity contribution in [1.82, 2.24) is 0 Å². The molecule has 1 aliphatic carbocycles. The Kier molecular flexibility index (Phi) is 3.26. The fourth-order valence-corrected chi connectivity index (χ4v) is 3.33. The lowest BCUT2D eigenvalue weighted by molar-refractivity contribution is 0.293. The molecule has 0 bridgehead atoms. The van der Waals surface area contributed by atoms with Gasteiger partial charge in [-0.25, -0.2) is 0 Å². The summed E-state index contributed by atoms with van der Waals surface area (Å²) in [6.07, 6.45) is 3.26. The van der Waals surface area contributed by atoms with Crippen LogP contribution in [0.25, 0.3) is 0 Å². The van der Waals surface area contributed by atoms with E-state index in [0.29, 0.717) is 5.41 Å². The van der Waals surface area contributed by atoms with Crippen LogP contribution < -0.4 is 5.73 Å². The average Bonchev–Trinajstić information content (AvgIpc) is 2.31. The third-order valence-electron chi connectivity index (χ3n) is 4.15. The Morgan fingerprint density at radius 1 is 1.35 bits per heavy atom. The molecule has 1 aliphatic rings. The molecule has 2 N–H and O–H groups in total. The van der Waals surface area contributed by atoms with Crippen molar-refractivity contribution < 1.29 is 0 Å². The Balaban J connectivity index is 2.59. The van der Waals surface area contributed by atoms with Gasteiger partial charge in [-0.2, -0.15) is 0 Å². The maximum absolute atomic E-state index is 6.40. The van der Waals surface area contributed by atoms with Gasteiger partial charge in [-0.1, -0.05) is 25.4 Å². The SMILES string of the molecule is Cc1cc(Cl)c2c(c1C)C(N)CC(C)(C)CC2. The molecule has 1 unspecified atom stereocenters. The molecule has 17 heavy (non-hydrogen) atoms.